The van der Waals surface area contributed by atoms with Gasteiger partial charge in [0.1, 0.15) is 11.6 Å². The van der Waals surface area contributed by atoms with Crippen molar-refractivity contribution in [2.24, 2.45) is 0 Å². The van der Waals surface area contributed by atoms with Crippen LogP contribution in [0.2, 0.25) is 0 Å². The number of anilines is 2. The number of aromatic nitrogens is 4. The fraction of sp³-hybridized carbons (Fsp3) is 0.381. The summed E-state index contributed by atoms with van der Waals surface area (Å²) in [6.45, 7) is 7.85. The van der Waals surface area contributed by atoms with Gasteiger partial charge < -0.3 is 14.5 Å². The quantitative estimate of drug-likeness (QED) is 0.696. The molecule has 0 atom stereocenters. The first-order chi connectivity index (χ1) is 13.6. The van der Waals surface area contributed by atoms with Crippen LogP contribution in [0.1, 0.15) is 17.8 Å². The first-order valence-corrected chi connectivity index (χ1v) is 9.63. The van der Waals surface area contributed by atoms with E-state index < -0.39 is 0 Å². The van der Waals surface area contributed by atoms with Gasteiger partial charge >= 0.3 is 0 Å². The monoisotopic (exact) mass is 378 g/mol. The van der Waals surface area contributed by atoms with Crippen LogP contribution < -0.4 is 14.5 Å². The van der Waals surface area contributed by atoms with Gasteiger partial charge in [-0.25, -0.2) is 9.67 Å². The molecular formula is C21H26N6O. The standard InChI is InChI=1S/C21H26N6O/c1-16-13-17(2)27(24-16)21-15-22-14-20(23-21)26-10-4-9-25(11-12-26)18-5-7-19(28-3)8-6-18/h5-8,13-15H,4,9-12H2,1-3H3. The van der Waals surface area contributed by atoms with E-state index in [1.54, 1.807) is 13.3 Å². The predicted molar refractivity (Wildman–Crippen MR) is 111 cm³/mol. The minimum absolute atomic E-state index is 0.763. The lowest BCUT2D eigenvalue weighted by Crippen LogP contribution is -2.31. The Kier molecular flexibility index (Phi) is 5.14. The maximum Gasteiger partial charge on any atom is 0.174 e. The number of rotatable bonds is 4. The highest BCUT2D eigenvalue weighted by Crippen LogP contribution is 2.22. The van der Waals surface area contributed by atoms with Gasteiger partial charge in [0.2, 0.25) is 0 Å². The molecule has 146 valence electrons. The van der Waals surface area contributed by atoms with E-state index in [1.807, 2.05) is 42.9 Å². The van der Waals surface area contributed by atoms with Crippen LogP contribution in [0.25, 0.3) is 5.82 Å². The highest BCUT2D eigenvalue weighted by molar-refractivity contribution is 5.50. The average Bonchev–Trinajstić information content (AvgIpc) is 2.92. The molecule has 28 heavy (non-hydrogen) atoms. The van der Waals surface area contributed by atoms with Gasteiger partial charge in [-0.3, -0.25) is 4.98 Å². The molecule has 1 fully saturated rings. The number of methoxy groups -OCH3 is 1. The van der Waals surface area contributed by atoms with Crippen LogP contribution in [0.5, 0.6) is 5.75 Å². The van der Waals surface area contributed by atoms with Crippen molar-refractivity contribution < 1.29 is 4.74 Å². The minimum atomic E-state index is 0.763. The summed E-state index contributed by atoms with van der Waals surface area (Å²) in [6.07, 6.45) is 4.68. The number of benzene rings is 1. The van der Waals surface area contributed by atoms with E-state index in [9.17, 15) is 0 Å². The lowest BCUT2D eigenvalue weighted by molar-refractivity contribution is 0.415. The first kappa shape index (κ1) is 18.3. The van der Waals surface area contributed by atoms with Crippen LogP contribution >= 0.6 is 0 Å². The molecule has 0 unspecified atom stereocenters. The number of hydrogen-bond acceptors (Lipinski definition) is 6. The summed E-state index contributed by atoms with van der Waals surface area (Å²) in [5.74, 6) is 2.55. The molecular weight excluding hydrogens is 352 g/mol. The first-order valence-electron chi connectivity index (χ1n) is 9.63. The van der Waals surface area contributed by atoms with Gasteiger partial charge in [0.25, 0.3) is 0 Å². The van der Waals surface area contributed by atoms with Gasteiger partial charge in [0, 0.05) is 37.6 Å². The Balaban J connectivity index is 1.50. The Labute approximate surface area is 165 Å². The van der Waals surface area contributed by atoms with Crippen LogP contribution in [-0.2, 0) is 0 Å². The van der Waals surface area contributed by atoms with E-state index >= 15 is 0 Å². The number of aryl methyl sites for hydroxylation is 2. The predicted octanol–water partition coefficient (Wildman–Crippen LogP) is 3.00. The minimum Gasteiger partial charge on any atom is -0.497 e. The average molecular weight is 378 g/mol. The topological polar surface area (TPSA) is 59.3 Å². The number of nitrogens with zero attached hydrogens (tertiary/aromatic N) is 6. The van der Waals surface area contributed by atoms with E-state index in [0.717, 1.165) is 61.4 Å². The summed E-state index contributed by atoms with van der Waals surface area (Å²) in [5.41, 5.74) is 3.27. The third-order valence-corrected chi connectivity index (χ3v) is 5.09. The maximum absolute atomic E-state index is 5.26. The molecule has 7 heteroatoms. The SMILES string of the molecule is COc1ccc(N2CCCN(c3cncc(-n4nc(C)cc4C)n3)CC2)cc1. The molecule has 0 radical (unpaired) electrons. The van der Waals surface area contributed by atoms with Gasteiger partial charge in [0.05, 0.1) is 25.2 Å². The Morgan fingerprint density at radius 3 is 2.32 bits per heavy atom. The number of hydrogen-bond donors (Lipinski definition) is 0. The molecule has 3 heterocycles. The summed E-state index contributed by atoms with van der Waals surface area (Å²) in [7, 11) is 1.69. The summed E-state index contributed by atoms with van der Waals surface area (Å²) >= 11 is 0. The second-order valence-electron chi connectivity index (χ2n) is 7.10. The largest absolute Gasteiger partial charge is 0.497 e. The van der Waals surface area contributed by atoms with Gasteiger partial charge in [-0.05, 0) is 50.6 Å². The molecule has 0 bridgehead atoms. The highest BCUT2D eigenvalue weighted by Gasteiger charge is 2.18. The van der Waals surface area contributed by atoms with Crippen molar-refractivity contribution in [1.29, 1.82) is 0 Å². The Bertz CT molecular complexity index is 936. The van der Waals surface area contributed by atoms with Gasteiger partial charge in [-0.2, -0.15) is 5.10 Å². The fourth-order valence-electron chi connectivity index (χ4n) is 3.66. The Morgan fingerprint density at radius 1 is 0.893 bits per heavy atom. The van der Waals surface area contributed by atoms with Crippen molar-refractivity contribution in [3.8, 4) is 11.6 Å². The Hall–Kier alpha value is -3.09. The molecule has 0 amide bonds. The number of ether oxygens (including phenoxy) is 1. The third-order valence-electron chi connectivity index (χ3n) is 5.09. The van der Waals surface area contributed by atoms with Gasteiger partial charge in [0.15, 0.2) is 5.82 Å². The molecule has 7 nitrogen and oxygen atoms in total. The molecule has 1 aliphatic rings. The normalized spacial score (nSPS) is 14.8. The molecule has 1 aromatic carbocycles. The smallest absolute Gasteiger partial charge is 0.174 e. The van der Waals surface area contributed by atoms with Crippen molar-refractivity contribution in [3.05, 3.63) is 54.1 Å². The molecule has 0 aliphatic carbocycles. The van der Waals surface area contributed by atoms with E-state index in [0.29, 0.717) is 0 Å². The van der Waals surface area contributed by atoms with Crippen LogP contribution in [0.15, 0.2) is 42.7 Å². The summed E-state index contributed by atoms with van der Waals surface area (Å²) in [5, 5.41) is 4.53. The highest BCUT2D eigenvalue weighted by atomic mass is 16.5. The van der Waals surface area contributed by atoms with E-state index in [2.05, 4.69) is 32.0 Å². The molecule has 3 aromatic rings. The van der Waals surface area contributed by atoms with E-state index in [4.69, 9.17) is 9.72 Å². The van der Waals surface area contributed by atoms with Crippen molar-refractivity contribution in [2.45, 2.75) is 20.3 Å². The molecule has 2 aromatic heterocycles. The van der Waals surface area contributed by atoms with Crippen LogP contribution in [0, 0.1) is 13.8 Å². The molecule has 0 N–H and O–H groups in total. The zero-order valence-electron chi connectivity index (χ0n) is 16.7. The zero-order chi connectivity index (χ0) is 19.5. The summed E-state index contributed by atoms with van der Waals surface area (Å²) in [4.78, 5) is 14.0. The second kappa shape index (κ2) is 7.88. The van der Waals surface area contributed by atoms with Crippen molar-refractivity contribution >= 4 is 11.5 Å². The van der Waals surface area contributed by atoms with Gasteiger partial charge in [-0.15, -0.1) is 0 Å². The molecule has 0 saturated carbocycles. The summed E-state index contributed by atoms with van der Waals surface area (Å²) < 4.78 is 7.12. The molecule has 4 rings (SSSR count). The van der Waals surface area contributed by atoms with Crippen molar-refractivity contribution in [2.75, 3.05) is 43.1 Å². The maximum atomic E-state index is 5.26. The second-order valence-corrected chi connectivity index (χ2v) is 7.10. The lowest BCUT2D eigenvalue weighted by atomic mass is 10.2. The molecule has 1 aliphatic heterocycles. The molecule has 1 saturated heterocycles. The zero-order valence-corrected chi connectivity index (χ0v) is 16.7. The Morgan fingerprint density at radius 2 is 1.61 bits per heavy atom. The van der Waals surface area contributed by atoms with Gasteiger partial charge in [-0.1, -0.05) is 0 Å². The molecule has 0 spiro atoms. The van der Waals surface area contributed by atoms with E-state index in [1.165, 1.54) is 5.69 Å². The lowest BCUT2D eigenvalue weighted by Gasteiger charge is -2.24. The van der Waals surface area contributed by atoms with Crippen molar-refractivity contribution in [3.63, 3.8) is 0 Å². The van der Waals surface area contributed by atoms with Crippen LogP contribution in [-0.4, -0.2) is 53.0 Å². The third kappa shape index (κ3) is 3.78. The fourth-order valence-corrected chi connectivity index (χ4v) is 3.66. The van der Waals surface area contributed by atoms with Crippen LogP contribution in [0.4, 0.5) is 11.5 Å². The summed E-state index contributed by atoms with van der Waals surface area (Å²) in [6, 6.07) is 10.3. The van der Waals surface area contributed by atoms with Crippen LogP contribution in [0.3, 0.4) is 0 Å². The van der Waals surface area contributed by atoms with E-state index in [-0.39, 0.29) is 0 Å². The van der Waals surface area contributed by atoms with Crippen molar-refractivity contribution in [1.82, 2.24) is 19.7 Å².